The molecule has 4 N–H and O–H groups in total. The number of hydrogen-bond acceptors (Lipinski definition) is 6. The minimum Gasteiger partial charge on any atom is -0.395 e. The Balaban J connectivity index is 2.21. The summed E-state index contributed by atoms with van der Waals surface area (Å²) in [5.74, 6) is 4.47. The quantitative estimate of drug-likeness (QED) is 0.380. The highest BCUT2D eigenvalue weighted by molar-refractivity contribution is 5.69. The molecular formula is C9H19N3O3. The van der Waals surface area contributed by atoms with E-state index in [-0.39, 0.29) is 12.6 Å². The number of aliphatic hydroxyl groups excluding tert-OH is 1. The molecule has 0 bridgehead atoms. The molecule has 0 aromatic heterocycles. The number of rotatable bonds is 7. The van der Waals surface area contributed by atoms with Crippen molar-refractivity contribution in [2.75, 3.05) is 19.7 Å². The monoisotopic (exact) mass is 217 g/mol. The number of nitrogens with zero attached hydrogens (tertiary/aromatic N) is 1. The summed E-state index contributed by atoms with van der Waals surface area (Å²) in [4.78, 5) is 17.6. The highest BCUT2D eigenvalue weighted by Gasteiger charge is 2.24. The van der Waals surface area contributed by atoms with E-state index in [0.717, 1.165) is 12.8 Å². The third-order valence-electron chi connectivity index (χ3n) is 2.75. The average Bonchev–Trinajstić information content (AvgIpc) is 2.12. The molecular weight excluding hydrogens is 198 g/mol. The largest absolute Gasteiger partial charge is 0.395 e. The molecule has 0 aromatic rings. The number of aliphatic hydroxyl groups is 1. The summed E-state index contributed by atoms with van der Waals surface area (Å²) in [7, 11) is 0. The Morgan fingerprint density at radius 2 is 2.27 bits per heavy atom. The van der Waals surface area contributed by atoms with E-state index in [2.05, 4.69) is 9.74 Å². The Morgan fingerprint density at radius 1 is 1.53 bits per heavy atom. The molecule has 0 radical (unpaired) electrons. The zero-order valence-corrected chi connectivity index (χ0v) is 8.82. The van der Waals surface area contributed by atoms with E-state index >= 15 is 0 Å². The van der Waals surface area contributed by atoms with Crippen molar-refractivity contribution in [2.24, 2.45) is 5.84 Å². The number of carbonyl (C=O) groups excluding carboxylic acids is 1. The van der Waals surface area contributed by atoms with Gasteiger partial charge in [-0.05, 0) is 12.8 Å². The van der Waals surface area contributed by atoms with E-state index in [0.29, 0.717) is 25.6 Å². The molecule has 1 saturated carbocycles. The molecule has 1 aliphatic rings. The molecule has 6 heteroatoms. The standard InChI is InChI=1S/C9H19N3O3/c10-11-15-9(14)4-5-12(6-7-13)8-2-1-3-8/h8,11,13H,1-7,10H2. The van der Waals surface area contributed by atoms with Crippen LogP contribution in [0.3, 0.4) is 0 Å². The number of carbonyl (C=O) groups is 1. The highest BCUT2D eigenvalue weighted by Crippen LogP contribution is 2.24. The van der Waals surface area contributed by atoms with Gasteiger partial charge in [-0.25, -0.2) is 5.84 Å². The fourth-order valence-electron chi connectivity index (χ4n) is 1.71. The van der Waals surface area contributed by atoms with Gasteiger partial charge in [0.1, 0.15) is 0 Å². The predicted octanol–water partition coefficient (Wildman–Crippen LogP) is -0.855. The van der Waals surface area contributed by atoms with Gasteiger partial charge in [0.15, 0.2) is 0 Å². The van der Waals surface area contributed by atoms with E-state index in [1.807, 2.05) is 5.59 Å². The van der Waals surface area contributed by atoms with E-state index < -0.39 is 0 Å². The molecule has 0 spiro atoms. The molecule has 0 aromatic carbocycles. The molecule has 15 heavy (non-hydrogen) atoms. The minimum atomic E-state index is -0.375. The van der Waals surface area contributed by atoms with Crippen molar-refractivity contribution in [3.8, 4) is 0 Å². The summed E-state index contributed by atoms with van der Waals surface area (Å²) < 4.78 is 0. The lowest BCUT2D eigenvalue weighted by molar-refractivity contribution is -0.151. The van der Waals surface area contributed by atoms with E-state index in [1.165, 1.54) is 6.42 Å². The predicted molar refractivity (Wildman–Crippen MR) is 54.3 cm³/mol. The summed E-state index contributed by atoms with van der Waals surface area (Å²) in [6.07, 6.45) is 3.84. The van der Waals surface area contributed by atoms with Crippen LogP contribution >= 0.6 is 0 Å². The van der Waals surface area contributed by atoms with E-state index in [9.17, 15) is 4.79 Å². The van der Waals surface area contributed by atoms with Gasteiger partial charge in [-0.3, -0.25) is 9.69 Å². The number of nitrogens with one attached hydrogen (secondary N) is 1. The molecule has 0 aliphatic heterocycles. The number of hydrogen-bond donors (Lipinski definition) is 3. The second kappa shape index (κ2) is 6.73. The van der Waals surface area contributed by atoms with E-state index in [1.54, 1.807) is 0 Å². The smallest absolute Gasteiger partial charge is 0.327 e. The molecule has 1 fully saturated rings. The van der Waals surface area contributed by atoms with Gasteiger partial charge in [0.05, 0.1) is 13.0 Å². The van der Waals surface area contributed by atoms with Crippen molar-refractivity contribution in [1.82, 2.24) is 10.5 Å². The lowest BCUT2D eigenvalue weighted by atomic mass is 9.91. The summed E-state index contributed by atoms with van der Waals surface area (Å²) in [5.41, 5.74) is 1.86. The van der Waals surface area contributed by atoms with E-state index in [4.69, 9.17) is 10.9 Å². The van der Waals surface area contributed by atoms with Crippen LogP contribution in [0.5, 0.6) is 0 Å². The number of hydrazine groups is 1. The molecule has 6 nitrogen and oxygen atoms in total. The summed E-state index contributed by atoms with van der Waals surface area (Å²) in [6.45, 7) is 1.36. The summed E-state index contributed by atoms with van der Waals surface area (Å²) >= 11 is 0. The molecule has 88 valence electrons. The fourth-order valence-corrected chi connectivity index (χ4v) is 1.71. The molecule has 1 aliphatic carbocycles. The second-order valence-corrected chi connectivity index (χ2v) is 3.69. The van der Waals surface area contributed by atoms with Crippen molar-refractivity contribution in [3.63, 3.8) is 0 Å². The van der Waals surface area contributed by atoms with Crippen molar-refractivity contribution in [1.29, 1.82) is 0 Å². The SMILES string of the molecule is NNOC(=O)CCN(CCO)C1CCC1. The molecule has 0 saturated heterocycles. The van der Waals surface area contributed by atoms with Crippen molar-refractivity contribution >= 4 is 5.97 Å². The average molecular weight is 217 g/mol. The van der Waals surface area contributed by atoms with Crippen molar-refractivity contribution < 1.29 is 14.7 Å². The Hall–Kier alpha value is -0.690. The second-order valence-electron chi connectivity index (χ2n) is 3.69. The Bertz CT molecular complexity index is 197. The first-order valence-electron chi connectivity index (χ1n) is 5.28. The molecule has 0 heterocycles. The summed E-state index contributed by atoms with van der Waals surface area (Å²) in [6, 6.07) is 0.524. The third kappa shape index (κ3) is 4.13. The maximum atomic E-state index is 11.0. The number of nitrogens with two attached hydrogens (primary N) is 1. The molecule has 0 unspecified atom stereocenters. The van der Waals surface area contributed by atoms with Crippen LogP contribution in [0.1, 0.15) is 25.7 Å². The maximum Gasteiger partial charge on any atom is 0.327 e. The van der Waals surface area contributed by atoms with Gasteiger partial charge in [-0.15, -0.1) is 0 Å². The van der Waals surface area contributed by atoms with Gasteiger partial charge < -0.3 is 9.94 Å². The van der Waals surface area contributed by atoms with Crippen LogP contribution in [0.25, 0.3) is 0 Å². The first-order chi connectivity index (χ1) is 7.27. The lowest BCUT2D eigenvalue weighted by Crippen LogP contribution is -2.43. The topological polar surface area (TPSA) is 87.8 Å². The van der Waals surface area contributed by atoms with Crippen LogP contribution in [0.2, 0.25) is 0 Å². The zero-order valence-electron chi connectivity index (χ0n) is 8.82. The minimum absolute atomic E-state index is 0.126. The Kier molecular flexibility index (Phi) is 5.56. The van der Waals surface area contributed by atoms with Crippen LogP contribution < -0.4 is 11.4 Å². The first-order valence-corrected chi connectivity index (χ1v) is 5.28. The first kappa shape index (κ1) is 12.4. The van der Waals surface area contributed by atoms with Crippen molar-refractivity contribution in [2.45, 2.75) is 31.7 Å². The van der Waals surface area contributed by atoms with Crippen LogP contribution in [-0.4, -0.2) is 41.7 Å². The van der Waals surface area contributed by atoms with Crippen LogP contribution in [0.15, 0.2) is 0 Å². The molecule has 0 atom stereocenters. The highest BCUT2D eigenvalue weighted by atomic mass is 16.7. The summed E-state index contributed by atoms with van der Waals surface area (Å²) in [5, 5.41) is 8.88. The molecule has 1 rings (SSSR count). The van der Waals surface area contributed by atoms with Gasteiger partial charge in [-0.2, -0.15) is 0 Å². The Morgan fingerprint density at radius 3 is 2.73 bits per heavy atom. The molecule has 0 amide bonds. The van der Waals surface area contributed by atoms with Crippen molar-refractivity contribution in [3.05, 3.63) is 0 Å². The van der Waals surface area contributed by atoms with Gasteiger partial charge in [-0.1, -0.05) is 12.0 Å². The van der Waals surface area contributed by atoms with Crippen LogP contribution in [-0.2, 0) is 9.63 Å². The lowest BCUT2D eigenvalue weighted by Gasteiger charge is -2.37. The normalized spacial score (nSPS) is 16.5. The van der Waals surface area contributed by atoms with Crippen LogP contribution in [0, 0.1) is 0 Å². The third-order valence-corrected chi connectivity index (χ3v) is 2.75. The van der Waals surface area contributed by atoms with Gasteiger partial charge in [0.2, 0.25) is 0 Å². The maximum absolute atomic E-state index is 11.0. The Labute approximate surface area is 89.3 Å². The fraction of sp³-hybridized carbons (Fsp3) is 0.889. The van der Waals surface area contributed by atoms with Gasteiger partial charge >= 0.3 is 5.97 Å². The van der Waals surface area contributed by atoms with Gasteiger partial charge in [0, 0.05) is 19.1 Å². The van der Waals surface area contributed by atoms with Gasteiger partial charge in [0.25, 0.3) is 0 Å². The van der Waals surface area contributed by atoms with Crippen LogP contribution in [0.4, 0.5) is 0 Å². The zero-order chi connectivity index (χ0) is 11.1.